The molecule has 4 nitrogen and oxygen atoms in total. The number of thiazole rings is 1. The lowest BCUT2D eigenvalue weighted by Crippen LogP contribution is -2.08. The normalized spacial score (nSPS) is 12.5. The molecule has 3 rings (SSSR count). The quantitative estimate of drug-likeness (QED) is 0.719. The van der Waals surface area contributed by atoms with Crippen molar-refractivity contribution < 1.29 is 0 Å². The second-order valence-electron chi connectivity index (χ2n) is 4.79. The zero-order chi connectivity index (χ0) is 14.1. The number of rotatable bonds is 3. The predicted molar refractivity (Wildman–Crippen MR) is 85.0 cm³/mol. The summed E-state index contributed by atoms with van der Waals surface area (Å²) in [5, 5.41) is 4.49. The minimum absolute atomic E-state index is 0.164. The molecule has 2 aromatic heterocycles. The van der Waals surface area contributed by atoms with Gasteiger partial charge in [0.25, 0.3) is 0 Å². The van der Waals surface area contributed by atoms with E-state index in [9.17, 15) is 0 Å². The average molecular weight is 284 g/mol. The summed E-state index contributed by atoms with van der Waals surface area (Å²) in [5.41, 5.74) is 9.97. The van der Waals surface area contributed by atoms with E-state index in [0.29, 0.717) is 0 Å². The first-order valence-electron chi connectivity index (χ1n) is 6.46. The second kappa shape index (κ2) is 5.09. The number of hydrogen-bond acceptors (Lipinski definition) is 5. The summed E-state index contributed by atoms with van der Waals surface area (Å²) >= 11 is 1.66. The summed E-state index contributed by atoms with van der Waals surface area (Å²) in [7, 11) is 0. The lowest BCUT2D eigenvalue weighted by Gasteiger charge is -2.17. The van der Waals surface area contributed by atoms with Crippen molar-refractivity contribution in [1.29, 1.82) is 0 Å². The lowest BCUT2D eigenvalue weighted by molar-refractivity contribution is 0.882. The number of nitrogens with zero attached hydrogens (tertiary/aromatic N) is 2. The van der Waals surface area contributed by atoms with Crippen molar-refractivity contribution in [2.24, 2.45) is 0 Å². The molecule has 1 aromatic carbocycles. The fraction of sp³-hybridized carbons (Fsp3) is 0.200. The van der Waals surface area contributed by atoms with Crippen molar-refractivity contribution in [3.63, 3.8) is 0 Å². The molecule has 5 heteroatoms. The number of anilines is 2. The molecule has 0 bridgehead atoms. The molecule has 0 fully saturated rings. The molecule has 0 aliphatic heterocycles. The SMILES string of the molecule is Cc1nc2cc(NC(C)c3ccncc3)c(N)cc2s1. The third kappa shape index (κ3) is 2.44. The Hall–Kier alpha value is -2.14. The molecule has 3 N–H and O–H groups in total. The standard InChI is InChI=1S/C15H16N4S/c1-9(11-3-5-17-6-4-11)18-13-8-14-15(7-12(13)16)20-10(2)19-14/h3-9,18H,16H2,1-2H3. The monoisotopic (exact) mass is 284 g/mol. The van der Waals surface area contributed by atoms with Crippen LogP contribution in [0.4, 0.5) is 11.4 Å². The van der Waals surface area contributed by atoms with Crippen LogP contribution in [-0.2, 0) is 0 Å². The Morgan fingerprint density at radius 1 is 1.25 bits per heavy atom. The third-order valence-corrected chi connectivity index (χ3v) is 4.18. The van der Waals surface area contributed by atoms with E-state index in [0.717, 1.165) is 26.6 Å². The van der Waals surface area contributed by atoms with Crippen LogP contribution in [0.25, 0.3) is 10.2 Å². The van der Waals surface area contributed by atoms with Gasteiger partial charge in [-0.25, -0.2) is 4.98 Å². The fourth-order valence-corrected chi connectivity index (χ4v) is 3.06. The average Bonchev–Trinajstić information content (AvgIpc) is 2.79. The minimum atomic E-state index is 0.164. The first-order chi connectivity index (χ1) is 9.63. The van der Waals surface area contributed by atoms with E-state index < -0.39 is 0 Å². The van der Waals surface area contributed by atoms with Crippen molar-refractivity contribution in [2.75, 3.05) is 11.1 Å². The van der Waals surface area contributed by atoms with E-state index in [-0.39, 0.29) is 6.04 Å². The molecule has 20 heavy (non-hydrogen) atoms. The number of nitrogens with one attached hydrogen (secondary N) is 1. The Morgan fingerprint density at radius 2 is 2.00 bits per heavy atom. The van der Waals surface area contributed by atoms with Gasteiger partial charge in [0.05, 0.1) is 26.6 Å². The van der Waals surface area contributed by atoms with Crippen molar-refractivity contribution in [3.05, 3.63) is 47.2 Å². The van der Waals surface area contributed by atoms with E-state index in [1.54, 1.807) is 23.7 Å². The molecule has 1 atom stereocenters. The third-order valence-electron chi connectivity index (χ3n) is 3.24. The second-order valence-corrected chi connectivity index (χ2v) is 6.02. The zero-order valence-corrected chi connectivity index (χ0v) is 12.2. The Morgan fingerprint density at radius 3 is 2.75 bits per heavy atom. The van der Waals surface area contributed by atoms with Crippen LogP contribution in [0, 0.1) is 6.92 Å². The maximum atomic E-state index is 6.13. The number of nitrogen functional groups attached to an aromatic ring is 1. The van der Waals surface area contributed by atoms with Gasteiger partial charge in [-0.1, -0.05) is 0 Å². The predicted octanol–water partition coefficient (Wildman–Crippen LogP) is 3.76. The molecule has 2 heterocycles. The Kier molecular flexibility index (Phi) is 3.28. The highest BCUT2D eigenvalue weighted by atomic mass is 32.1. The molecule has 0 saturated heterocycles. The van der Waals surface area contributed by atoms with Crippen LogP contribution in [0.2, 0.25) is 0 Å². The highest BCUT2D eigenvalue weighted by molar-refractivity contribution is 7.18. The topological polar surface area (TPSA) is 63.8 Å². The molecule has 102 valence electrons. The minimum Gasteiger partial charge on any atom is -0.397 e. The van der Waals surface area contributed by atoms with E-state index in [2.05, 4.69) is 22.2 Å². The molecular formula is C15H16N4S. The van der Waals surface area contributed by atoms with Gasteiger partial charge in [0.15, 0.2) is 0 Å². The Balaban J connectivity index is 1.92. The molecule has 1 unspecified atom stereocenters. The number of nitrogens with two attached hydrogens (primary N) is 1. The van der Waals surface area contributed by atoms with Crippen molar-refractivity contribution in [3.8, 4) is 0 Å². The highest BCUT2D eigenvalue weighted by Gasteiger charge is 2.10. The summed E-state index contributed by atoms with van der Waals surface area (Å²) < 4.78 is 1.13. The van der Waals surface area contributed by atoms with Crippen molar-refractivity contribution in [2.45, 2.75) is 19.9 Å². The van der Waals surface area contributed by atoms with E-state index in [1.807, 2.05) is 31.2 Å². The van der Waals surface area contributed by atoms with Crippen LogP contribution >= 0.6 is 11.3 Å². The summed E-state index contributed by atoms with van der Waals surface area (Å²) in [5.74, 6) is 0. The molecule has 0 saturated carbocycles. The van der Waals surface area contributed by atoms with E-state index in [1.165, 1.54) is 5.56 Å². The maximum absolute atomic E-state index is 6.13. The molecular weight excluding hydrogens is 268 g/mol. The van der Waals surface area contributed by atoms with Gasteiger partial charge in [0, 0.05) is 18.4 Å². The number of fused-ring (bicyclic) bond motifs is 1. The van der Waals surface area contributed by atoms with Gasteiger partial charge in [-0.2, -0.15) is 0 Å². The smallest absolute Gasteiger partial charge is 0.0907 e. The number of benzene rings is 1. The first kappa shape index (κ1) is 12.9. The van der Waals surface area contributed by atoms with Crippen LogP contribution < -0.4 is 11.1 Å². The van der Waals surface area contributed by atoms with E-state index in [4.69, 9.17) is 5.73 Å². The first-order valence-corrected chi connectivity index (χ1v) is 7.28. The number of pyridine rings is 1. The Labute approximate surface area is 121 Å². The van der Waals surface area contributed by atoms with Crippen LogP contribution in [-0.4, -0.2) is 9.97 Å². The molecule has 0 spiro atoms. The van der Waals surface area contributed by atoms with Gasteiger partial charge in [-0.05, 0) is 43.7 Å². The van der Waals surface area contributed by atoms with Crippen LogP contribution in [0.3, 0.4) is 0 Å². The zero-order valence-electron chi connectivity index (χ0n) is 11.4. The van der Waals surface area contributed by atoms with Crippen molar-refractivity contribution in [1.82, 2.24) is 9.97 Å². The summed E-state index contributed by atoms with van der Waals surface area (Å²) in [6.45, 7) is 4.11. The molecule has 0 aliphatic rings. The van der Waals surface area contributed by atoms with Gasteiger partial charge >= 0.3 is 0 Å². The number of aromatic nitrogens is 2. The van der Waals surface area contributed by atoms with Gasteiger partial charge in [0.2, 0.25) is 0 Å². The van der Waals surface area contributed by atoms with Gasteiger partial charge in [0.1, 0.15) is 0 Å². The molecule has 0 amide bonds. The van der Waals surface area contributed by atoms with Crippen LogP contribution in [0.5, 0.6) is 0 Å². The summed E-state index contributed by atoms with van der Waals surface area (Å²) in [4.78, 5) is 8.54. The fourth-order valence-electron chi connectivity index (χ4n) is 2.20. The van der Waals surface area contributed by atoms with Crippen molar-refractivity contribution >= 4 is 32.9 Å². The molecule has 3 aromatic rings. The van der Waals surface area contributed by atoms with Gasteiger partial charge in [-0.3, -0.25) is 4.98 Å². The Bertz CT molecular complexity index is 736. The lowest BCUT2D eigenvalue weighted by atomic mass is 10.1. The van der Waals surface area contributed by atoms with Gasteiger partial charge < -0.3 is 11.1 Å². The van der Waals surface area contributed by atoms with Gasteiger partial charge in [-0.15, -0.1) is 11.3 Å². The largest absolute Gasteiger partial charge is 0.397 e. The van der Waals surface area contributed by atoms with Crippen LogP contribution in [0.15, 0.2) is 36.7 Å². The number of hydrogen-bond donors (Lipinski definition) is 2. The maximum Gasteiger partial charge on any atom is 0.0907 e. The number of aryl methyl sites for hydroxylation is 1. The van der Waals surface area contributed by atoms with E-state index >= 15 is 0 Å². The van der Waals surface area contributed by atoms with Crippen LogP contribution in [0.1, 0.15) is 23.5 Å². The molecule has 0 radical (unpaired) electrons. The highest BCUT2D eigenvalue weighted by Crippen LogP contribution is 2.31. The molecule has 0 aliphatic carbocycles. The summed E-state index contributed by atoms with van der Waals surface area (Å²) in [6.07, 6.45) is 3.59. The summed E-state index contributed by atoms with van der Waals surface area (Å²) in [6, 6.07) is 8.17.